The van der Waals surface area contributed by atoms with Crippen molar-refractivity contribution in [1.29, 1.82) is 0 Å². The Morgan fingerprint density at radius 3 is 2.44 bits per heavy atom. The second-order valence-electron chi connectivity index (χ2n) is 8.61. The maximum Gasteiger partial charge on any atom is 0.338 e. The van der Waals surface area contributed by atoms with Crippen molar-refractivity contribution in [2.75, 3.05) is 20.8 Å². The van der Waals surface area contributed by atoms with Gasteiger partial charge in [0.2, 0.25) is 0 Å². The van der Waals surface area contributed by atoms with Gasteiger partial charge in [-0.2, -0.15) is 0 Å². The predicted octanol–water partition coefficient (Wildman–Crippen LogP) is 3.66. The van der Waals surface area contributed by atoms with Crippen LogP contribution in [0.25, 0.3) is 11.8 Å². The molecule has 0 unspecified atom stereocenters. The summed E-state index contributed by atoms with van der Waals surface area (Å²) < 4.78 is 18.7. The van der Waals surface area contributed by atoms with E-state index in [-0.39, 0.29) is 23.5 Å². The molecular formula is C30H26N2O6S. The second kappa shape index (κ2) is 11.0. The molecular weight excluding hydrogens is 516 g/mol. The highest BCUT2D eigenvalue weighted by atomic mass is 32.1. The number of rotatable bonds is 7. The highest BCUT2D eigenvalue weighted by molar-refractivity contribution is 7.07. The third-order valence-corrected chi connectivity index (χ3v) is 7.28. The summed E-state index contributed by atoms with van der Waals surface area (Å²) >= 11 is 1.22. The maximum absolute atomic E-state index is 14.0. The van der Waals surface area contributed by atoms with E-state index in [2.05, 4.69) is 0 Å². The number of benzene rings is 3. The van der Waals surface area contributed by atoms with Gasteiger partial charge in [0.05, 0.1) is 36.6 Å². The predicted molar refractivity (Wildman–Crippen MR) is 149 cm³/mol. The minimum absolute atomic E-state index is 0.130. The fourth-order valence-electron chi connectivity index (χ4n) is 4.58. The number of hydrogen-bond acceptors (Lipinski definition) is 8. The number of carbonyl (C=O) groups excluding carboxylic acids is 1. The smallest absolute Gasteiger partial charge is 0.338 e. The highest BCUT2D eigenvalue weighted by Gasteiger charge is 2.37. The molecule has 0 fully saturated rings. The minimum atomic E-state index is -0.900. The SMILES string of the molecule is CCOC(=O)C1=C(c2ccccc2)N=c2sc(=Cc3ccc(O)cc3)c(=O)n2[C@H]1c1cccc(OC)c1OC. The quantitative estimate of drug-likeness (QED) is 0.358. The molecule has 0 saturated heterocycles. The third kappa shape index (κ3) is 4.84. The largest absolute Gasteiger partial charge is 0.508 e. The van der Waals surface area contributed by atoms with Gasteiger partial charge in [0.1, 0.15) is 11.8 Å². The Kier molecular flexibility index (Phi) is 7.33. The molecule has 0 saturated carbocycles. The lowest BCUT2D eigenvalue weighted by molar-refractivity contribution is -0.138. The van der Waals surface area contributed by atoms with E-state index >= 15 is 0 Å². The molecule has 5 rings (SSSR count). The number of methoxy groups -OCH3 is 2. The van der Waals surface area contributed by atoms with Gasteiger partial charge in [-0.1, -0.05) is 65.9 Å². The number of phenols is 1. The molecule has 9 heteroatoms. The molecule has 0 spiro atoms. The molecule has 1 aliphatic heterocycles. The summed E-state index contributed by atoms with van der Waals surface area (Å²) in [5, 5.41) is 9.66. The van der Waals surface area contributed by atoms with Crippen molar-refractivity contribution in [2.24, 2.45) is 4.99 Å². The van der Waals surface area contributed by atoms with E-state index in [0.29, 0.717) is 37.7 Å². The van der Waals surface area contributed by atoms with Crippen LogP contribution in [-0.4, -0.2) is 36.5 Å². The fraction of sp³-hybridized carbons (Fsp3) is 0.167. The number of aromatic hydroxyl groups is 1. The molecule has 2 heterocycles. The normalized spacial score (nSPS) is 14.9. The fourth-order valence-corrected chi connectivity index (χ4v) is 5.58. The number of thiazole rings is 1. The van der Waals surface area contributed by atoms with E-state index in [1.54, 1.807) is 55.5 Å². The Bertz CT molecular complexity index is 1740. The zero-order valence-electron chi connectivity index (χ0n) is 21.6. The van der Waals surface area contributed by atoms with Crippen LogP contribution < -0.4 is 24.4 Å². The number of hydrogen-bond donors (Lipinski definition) is 1. The van der Waals surface area contributed by atoms with Crippen LogP contribution in [0.1, 0.15) is 29.7 Å². The van der Waals surface area contributed by atoms with Crippen molar-refractivity contribution >= 4 is 29.1 Å². The summed E-state index contributed by atoms with van der Waals surface area (Å²) in [6.07, 6.45) is 1.74. The Hall–Kier alpha value is -4.63. The molecule has 0 bridgehead atoms. The summed E-state index contributed by atoms with van der Waals surface area (Å²) in [4.78, 5) is 32.9. The van der Waals surface area contributed by atoms with Gasteiger partial charge in [-0.15, -0.1) is 0 Å². The van der Waals surface area contributed by atoms with Gasteiger partial charge < -0.3 is 19.3 Å². The Labute approximate surface area is 228 Å². The molecule has 198 valence electrons. The molecule has 0 aliphatic carbocycles. The van der Waals surface area contributed by atoms with Crippen LogP contribution in [0.15, 0.2) is 88.2 Å². The zero-order chi connectivity index (χ0) is 27.5. The number of carbonyl (C=O) groups is 1. The van der Waals surface area contributed by atoms with E-state index < -0.39 is 12.0 Å². The van der Waals surface area contributed by atoms with Gasteiger partial charge >= 0.3 is 5.97 Å². The number of aromatic nitrogens is 1. The number of phenolic OH excluding ortho intramolecular Hbond substituents is 1. The molecule has 1 atom stereocenters. The second-order valence-corrected chi connectivity index (χ2v) is 9.61. The first-order valence-corrected chi connectivity index (χ1v) is 13.1. The van der Waals surface area contributed by atoms with Crippen LogP contribution in [0.4, 0.5) is 0 Å². The van der Waals surface area contributed by atoms with Gasteiger partial charge in [0.15, 0.2) is 16.3 Å². The molecule has 0 radical (unpaired) electrons. The number of esters is 1. The Balaban J connectivity index is 1.88. The van der Waals surface area contributed by atoms with Gasteiger partial charge in [-0.05, 0) is 36.8 Å². The van der Waals surface area contributed by atoms with Gasteiger partial charge in [-0.25, -0.2) is 9.79 Å². The molecule has 1 aliphatic rings. The van der Waals surface area contributed by atoms with Crippen molar-refractivity contribution < 1.29 is 24.1 Å². The Morgan fingerprint density at radius 1 is 1.03 bits per heavy atom. The summed E-state index contributed by atoms with van der Waals surface area (Å²) in [7, 11) is 3.05. The molecule has 1 N–H and O–H groups in total. The van der Waals surface area contributed by atoms with Crippen molar-refractivity contribution in [3.8, 4) is 17.2 Å². The van der Waals surface area contributed by atoms with E-state index in [9.17, 15) is 14.7 Å². The molecule has 0 amide bonds. The van der Waals surface area contributed by atoms with Crippen molar-refractivity contribution in [2.45, 2.75) is 13.0 Å². The number of ether oxygens (including phenoxy) is 3. The van der Waals surface area contributed by atoms with Gasteiger partial charge in [-0.3, -0.25) is 9.36 Å². The van der Waals surface area contributed by atoms with E-state index in [1.165, 1.54) is 30.1 Å². The van der Waals surface area contributed by atoms with Crippen molar-refractivity contribution in [3.05, 3.63) is 115 Å². The number of nitrogens with zero attached hydrogens (tertiary/aromatic N) is 2. The van der Waals surface area contributed by atoms with Gasteiger partial charge in [0, 0.05) is 11.1 Å². The standard InChI is InChI=1S/C30H26N2O6S/c1-4-38-29(35)24-25(19-9-6-5-7-10-19)31-30-32(26(24)21-11-8-12-22(36-2)27(21)37-3)28(34)23(39-30)17-18-13-15-20(33)16-14-18/h5-17,26,33H,4H2,1-3H3/t26-/m0/s1. The first-order valence-electron chi connectivity index (χ1n) is 12.2. The lowest BCUT2D eigenvalue weighted by atomic mass is 9.92. The molecule has 4 aromatic rings. The molecule has 1 aromatic heterocycles. The van der Waals surface area contributed by atoms with E-state index in [4.69, 9.17) is 19.2 Å². The monoisotopic (exact) mass is 542 g/mol. The minimum Gasteiger partial charge on any atom is -0.508 e. The van der Waals surface area contributed by atoms with Crippen LogP contribution in [0.3, 0.4) is 0 Å². The average Bonchev–Trinajstić information content (AvgIpc) is 3.27. The van der Waals surface area contributed by atoms with Crippen LogP contribution in [0, 0.1) is 0 Å². The molecule has 8 nitrogen and oxygen atoms in total. The highest BCUT2D eigenvalue weighted by Crippen LogP contribution is 2.42. The van der Waals surface area contributed by atoms with Crippen LogP contribution >= 0.6 is 11.3 Å². The lowest BCUT2D eigenvalue weighted by Crippen LogP contribution is -2.40. The number of fused-ring (bicyclic) bond motifs is 1. The molecule has 39 heavy (non-hydrogen) atoms. The topological polar surface area (TPSA) is 99.4 Å². The summed E-state index contributed by atoms with van der Waals surface area (Å²) in [6.45, 7) is 1.88. The van der Waals surface area contributed by atoms with E-state index in [1.807, 2.05) is 30.3 Å². The summed E-state index contributed by atoms with van der Waals surface area (Å²) in [5.74, 6) is 0.407. The van der Waals surface area contributed by atoms with Gasteiger partial charge in [0.25, 0.3) is 5.56 Å². The molecule has 3 aromatic carbocycles. The third-order valence-electron chi connectivity index (χ3n) is 6.29. The van der Waals surface area contributed by atoms with E-state index in [0.717, 1.165) is 5.56 Å². The summed E-state index contributed by atoms with van der Waals surface area (Å²) in [6, 6.07) is 20.3. The number of para-hydroxylation sites is 1. The van der Waals surface area contributed by atoms with Crippen LogP contribution in [0.2, 0.25) is 0 Å². The average molecular weight is 543 g/mol. The lowest BCUT2D eigenvalue weighted by Gasteiger charge is -2.27. The Morgan fingerprint density at radius 2 is 1.77 bits per heavy atom. The van der Waals surface area contributed by atoms with Crippen LogP contribution in [-0.2, 0) is 9.53 Å². The van der Waals surface area contributed by atoms with Crippen LogP contribution in [0.5, 0.6) is 17.2 Å². The first kappa shape index (κ1) is 26.0. The van der Waals surface area contributed by atoms with Crippen molar-refractivity contribution in [3.63, 3.8) is 0 Å². The zero-order valence-corrected chi connectivity index (χ0v) is 22.4. The van der Waals surface area contributed by atoms with Crippen molar-refractivity contribution in [1.82, 2.24) is 4.57 Å². The first-order chi connectivity index (χ1) is 19.0. The summed E-state index contributed by atoms with van der Waals surface area (Å²) in [5.41, 5.74) is 2.32. The maximum atomic E-state index is 14.0.